The van der Waals surface area contributed by atoms with E-state index in [2.05, 4.69) is 10.4 Å². The van der Waals surface area contributed by atoms with Gasteiger partial charge in [-0.05, 0) is 0 Å². The van der Waals surface area contributed by atoms with Gasteiger partial charge < -0.3 is 22.4 Å². The molecule has 0 saturated carbocycles. The summed E-state index contributed by atoms with van der Waals surface area (Å²) in [4.78, 5) is 4.54. The van der Waals surface area contributed by atoms with Gasteiger partial charge in [-0.15, -0.1) is 0 Å². The predicted octanol–water partition coefficient (Wildman–Crippen LogP) is -4.18. The number of para-hydroxylation sites is 1. The van der Waals surface area contributed by atoms with E-state index in [1.165, 1.54) is 6.20 Å². The summed E-state index contributed by atoms with van der Waals surface area (Å²) >= 11 is 0. The van der Waals surface area contributed by atoms with Crippen molar-refractivity contribution in [3.63, 3.8) is 0 Å². The molecular weight excluding hydrogens is 192 g/mol. The van der Waals surface area contributed by atoms with E-state index in [9.17, 15) is 5.11 Å². The van der Waals surface area contributed by atoms with Gasteiger partial charge in [0.25, 0.3) is 0 Å². The normalized spacial score (nSPS) is 20.0. The SMILES string of the molecule is [Cl-].[O-]C1=C[NH+](c2ccccc2)NO1. The highest BCUT2D eigenvalue weighted by Gasteiger charge is 2.12. The number of quaternary nitrogens is 1. The first-order valence-corrected chi connectivity index (χ1v) is 3.60. The third-order valence-electron chi connectivity index (χ3n) is 1.61. The number of hydrogen-bond acceptors (Lipinski definition) is 3. The van der Waals surface area contributed by atoms with Gasteiger partial charge in [-0.1, -0.05) is 23.8 Å². The summed E-state index contributed by atoms with van der Waals surface area (Å²) < 4.78 is 0. The number of hydrogen-bond donors (Lipinski definition) is 2. The predicted molar refractivity (Wildman–Crippen MR) is 39.4 cm³/mol. The molecule has 5 heteroatoms. The molecule has 1 aliphatic rings. The molecule has 0 fully saturated rings. The third-order valence-corrected chi connectivity index (χ3v) is 1.61. The molecule has 0 saturated heterocycles. The molecule has 0 radical (unpaired) electrons. The largest absolute Gasteiger partial charge is 1.00 e. The minimum absolute atomic E-state index is 0. The Morgan fingerprint density at radius 1 is 1.23 bits per heavy atom. The Morgan fingerprint density at radius 3 is 2.46 bits per heavy atom. The summed E-state index contributed by atoms with van der Waals surface area (Å²) in [5.41, 5.74) is 3.48. The molecule has 1 unspecified atom stereocenters. The zero-order valence-corrected chi connectivity index (χ0v) is 7.41. The lowest BCUT2D eigenvalue weighted by molar-refractivity contribution is -0.847. The fourth-order valence-corrected chi connectivity index (χ4v) is 1.04. The molecule has 70 valence electrons. The van der Waals surface area contributed by atoms with Gasteiger partial charge in [0.15, 0.2) is 5.69 Å². The van der Waals surface area contributed by atoms with Gasteiger partial charge in [-0.3, -0.25) is 0 Å². The van der Waals surface area contributed by atoms with E-state index in [0.717, 1.165) is 5.69 Å². The lowest BCUT2D eigenvalue weighted by atomic mass is 10.3. The maximum atomic E-state index is 10.7. The standard InChI is InChI=1S/C8H8N2O2.ClH/c11-8-6-10(9-12-8)7-4-2-1-3-5-7;/h1-6,9,11H;1H/p-1. The van der Waals surface area contributed by atoms with Gasteiger partial charge in [-0.2, -0.15) is 5.01 Å². The molecule has 0 aliphatic carbocycles. The van der Waals surface area contributed by atoms with E-state index in [1.807, 2.05) is 30.3 Å². The second kappa shape index (κ2) is 4.13. The summed E-state index contributed by atoms with van der Waals surface area (Å²) in [6.45, 7) is 0. The van der Waals surface area contributed by atoms with E-state index < -0.39 is 0 Å². The maximum absolute atomic E-state index is 10.7. The van der Waals surface area contributed by atoms with Gasteiger partial charge >= 0.3 is 0 Å². The van der Waals surface area contributed by atoms with Crippen molar-refractivity contribution in [3.05, 3.63) is 42.5 Å². The van der Waals surface area contributed by atoms with E-state index in [1.54, 1.807) is 0 Å². The first kappa shape index (κ1) is 9.85. The highest BCUT2D eigenvalue weighted by Crippen LogP contribution is 1.99. The van der Waals surface area contributed by atoms with Crippen molar-refractivity contribution in [1.29, 1.82) is 0 Å². The molecule has 1 atom stereocenters. The Hall–Kier alpha value is -1.23. The zero-order valence-electron chi connectivity index (χ0n) is 6.66. The van der Waals surface area contributed by atoms with Gasteiger partial charge in [0.1, 0.15) is 12.1 Å². The Labute approximate surface area is 81.8 Å². The smallest absolute Gasteiger partial charge is 0.156 e. The van der Waals surface area contributed by atoms with Crippen LogP contribution in [-0.4, -0.2) is 0 Å². The van der Waals surface area contributed by atoms with E-state index >= 15 is 0 Å². The van der Waals surface area contributed by atoms with Crippen molar-refractivity contribution >= 4 is 5.69 Å². The molecular formula is C8H8ClN2O2-. The van der Waals surface area contributed by atoms with Crippen molar-refractivity contribution < 1.29 is 27.4 Å². The van der Waals surface area contributed by atoms with Crippen molar-refractivity contribution in [2.45, 2.75) is 0 Å². The molecule has 1 aromatic carbocycles. The van der Waals surface area contributed by atoms with E-state index in [0.29, 0.717) is 5.01 Å². The fourth-order valence-electron chi connectivity index (χ4n) is 1.04. The number of benzene rings is 1. The van der Waals surface area contributed by atoms with Crippen LogP contribution in [0.2, 0.25) is 0 Å². The topological polar surface area (TPSA) is 48.8 Å². The molecule has 2 N–H and O–H groups in total. The second-order valence-electron chi connectivity index (χ2n) is 2.45. The minimum Gasteiger partial charge on any atom is -1.00 e. The quantitative estimate of drug-likeness (QED) is 0.483. The fraction of sp³-hybridized carbons (Fsp3) is 0. The van der Waals surface area contributed by atoms with Gasteiger partial charge in [0.2, 0.25) is 0 Å². The molecule has 1 aliphatic heterocycles. The van der Waals surface area contributed by atoms with Crippen LogP contribution in [0, 0.1) is 0 Å². The van der Waals surface area contributed by atoms with Crippen LogP contribution in [-0.2, 0) is 4.84 Å². The zero-order chi connectivity index (χ0) is 8.39. The highest BCUT2D eigenvalue weighted by atomic mass is 35.5. The maximum Gasteiger partial charge on any atom is 0.156 e. The Kier molecular flexibility index (Phi) is 3.13. The Balaban J connectivity index is 0.000000845. The average Bonchev–Trinajstić information content (AvgIpc) is 2.54. The Bertz CT molecular complexity index is 302. The molecule has 2 rings (SSSR count). The van der Waals surface area contributed by atoms with E-state index in [-0.39, 0.29) is 18.4 Å². The molecule has 1 heterocycles. The first-order valence-electron chi connectivity index (χ1n) is 3.60. The van der Waals surface area contributed by atoms with Crippen LogP contribution in [0.25, 0.3) is 0 Å². The summed E-state index contributed by atoms with van der Waals surface area (Å²) in [7, 11) is 0. The summed E-state index contributed by atoms with van der Waals surface area (Å²) in [5, 5.41) is 11.4. The molecule has 0 amide bonds. The van der Waals surface area contributed by atoms with Crippen LogP contribution in [0.5, 0.6) is 0 Å². The van der Waals surface area contributed by atoms with Gasteiger partial charge in [0, 0.05) is 12.1 Å². The highest BCUT2D eigenvalue weighted by molar-refractivity contribution is 5.28. The van der Waals surface area contributed by atoms with Crippen LogP contribution in [0.15, 0.2) is 42.5 Å². The molecule has 13 heavy (non-hydrogen) atoms. The van der Waals surface area contributed by atoms with Crippen LogP contribution >= 0.6 is 0 Å². The number of rotatable bonds is 1. The van der Waals surface area contributed by atoms with Crippen LogP contribution in [0.1, 0.15) is 0 Å². The monoisotopic (exact) mass is 199 g/mol. The van der Waals surface area contributed by atoms with Crippen LogP contribution in [0.4, 0.5) is 5.69 Å². The van der Waals surface area contributed by atoms with Crippen molar-refractivity contribution in [3.8, 4) is 0 Å². The van der Waals surface area contributed by atoms with Gasteiger partial charge in [-0.25, -0.2) is 0 Å². The third kappa shape index (κ3) is 2.12. The number of halogens is 1. The van der Waals surface area contributed by atoms with Crippen LogP contribution in [0.3, 0.4) is 0 Å². The lowest BCUT2D eigenvalue weighted by Gasteiger charge is -2.09. The lowest BCUT2D eigenvalue weighted by Crippen LogP contribution is -3.08. The summed E-state index contributed by atoms with van der Waals surface area (Å²) in [6.07, 6.45) is 1.43. The molecule has 0 bridgehead atoms. The molecule has 4 nitrogen and oxygen atoms in total. The van der Waals surface area contributed by atoms with Crippen LogP contribution < -0.4 is 28.1 Å². The van der Waals surface area contributed by atoms with Gasteiger partial charge in [0.05, 0.1) is 0 Å². The van der Waals surface area contributed by atoms with Crippen molar-refractivity contribution in [2.24, 2.45) is 0 Å². The Morgan fingerprint density at radius 2 is 1.92 bits per heavy atom. The van der Waals surface area contributed by atoms with Crippen molar-refractivity contribution in [2.75, 3.05) is 0 Å². The molecule has 0 aromatic heterocycles. The van der Waals surface area contributed by atoms with E-state index in [4.69, 9.17) is 0 Å². The molecule has 1 aromatic rings. The van der Waals surface area contributed by atoms with Crippen molar-refractivity contribution in [1.82, 2.24) is 5.59 Å². The average molecular weight is 200 g/mol. The second-order valence-corrected chi connectivity index (χ2v) is 2.45. The molecule has 0 spiro atoms. The first-order chi connectivity index (χ1) is 5.86. The summed E-state index contributed by atoms with van der Waals surface area (Å²) in [6, 6.07) is 9.53. The minimum atomic E-state index is -0.353. The number of nitrogens with one attached hydrogen (secondary N) is 2. The summed E-state index contributed by atoms with van der Waals surface area (Å²) in [5.74, 6) is -0.353.